The molecule has 0 aliphatic heterocycles. The fourth-order valence-electron chi connectivity index (χ4n) is 2.18. The predicted octanol–water partition coefficient (Wildman–Crippen LogP) is 1.38. The van der Waals surface area contributed by atoms with Crippen LogP contribution >= 0.6 is 0 Å². The van der Waals surface area contributed by atoms with Gasteiger partial charge in [0.1, 0.15) is 11.6 Å². The van der Waals surface area contributed by atoms with Crippen molar-refractivity contribution in [2.75, 3.05) is 0 Å². The van der Waals surface area contributed by atoms with Gasteiger partial charge in [0.15, 0.2) is 0 Å². The van der Waals surface area contributed by atoms with E-state index in [9.17, 15) is 24.5 Å². The number of amides is 3. The summed E-state index contributed by atoms with van der Waals surface area (Å²) in [5, 5.41) is 21.7. The Morgan fingerprint density at radius 2 is 1.96 bits per heavy atom. The average Bonchev–Trinajstić information content (AvgIpc) is 3.31. The minimum Gasteiger partial charge on any atom is -0.465 e. The number of benzene rings is 1. The van der Waals surface area contributed by atoms with E-state index >= 15 is 0 Å². The van der Waals surface area contributed by atoms with Crippen molar-refractivity contribution in [1.82, 2.24) is 10.2 Å². The molecule has 2 N–H and O–H groups in total. The highest BCUT2D eigenvalue weighted by Crippen LogP contribution is 2.30. The monoisotopic (exact) mass is 321 g/mol. The van der Waals surface area contributed by atoms with Crippen LogP contribution in [0.25, 0.3) is 0 Å². The number of carbonyl (C=O) groups is 3. The maximum absolute atomic E-state index is 12.6. The first kappa shape index (κ1) is 16.4. The summed E-state index contributed by atoms with van der Waals surface area (Å²) in [7, 11) is 0. The molecular formula is C14H15N3O6. The van der Waals surface area contributed by atoms with E-state index in [1.54, 1.807) is 0 Å². The minimum atomic E-state index is -1.39. The Bertz CT molecular complexity index is 670. The largest absolute Gasteiger partial charge is 0.465 e. The summed E-state index contributed by atoms with van der Waals surface area (Å²) in [6.07, 6.45) is -0.199. The zero-order valence-corrected chi connectivity index (χ0v) is 12.3. The Morgan fingerprint density at radius 3 is 2.48 bits per heavy atom. The molecule has 122 valence electrons. The van der Waals surface area contributed by atoms with Crippen molar-refractivity contribution in [1.29, 1.82) is 0 Å². The van der Waals surface area contributed by atoms with E-state index in [0.717, 1.165) is 4.90 Å². The number of rotatable bonds is 5. The van der Waals surface area contributed by atoms with E-state index in [1.807, 2.05) is 5.32 Å². The van der Waals surface area contributed by atoms with Crippen molar-refractivity contribution >= 4 is 23.6 Å². The van der Waals surface area contributed by atoms with Gasteiger partial charge < -0.3 is 10.4 Å². The van der Waals surface area contributed by atoms with Crippen LogP contribution in [-0.2, 0) is 4.79 Å². The van der Waals surface area contributed by atoms with E-state index in [4.69, 9.17) is 5.11 Å². The summed E-state index contributed by atoms with van der Waals surface area (Å²) in [5.41, 5.74) is -0.588. The van der Waals surface area contributed by atoms with Gasteiger partial charge in [0.2, 0.25) is 0 Å². The van der Waals surface area contributed by atoms with E-state index in [1.165, 1.54) is 31.2 Å². The SMILES string of the molecule is C[C@H](NC(=O)O)C(=O)N(C(=O)c1ccccc1[N+](=O)[O-])C1CC1. The molecule has 0 aromatic heterocycles. The van der Waals surface area contributed by atoms with Crippen LogP contribution in [0.3, 0.4) is 0 Å². The molecule has 0 radical (unpaired) electrons. The minimum absolute atomic E-state index is 0.194. The highest BCUT2D eigenvalue weighted by atomic mass is 16.6. The second-order valence-corrected chi connectivity index (χ2v) is 5.19. The molecule has 0 bridgehead atoms. The third-order valence-electron chi connectivity index (χ3n) is 3.41. The van der Waals surface area contributed by atoms with Gasteiger partial charge in [-0.1, -0.05) is 12.1 Å². The molecule has 1 aliphatic carbocycles. The molecule has 1 atom stereocenters. The number of para-hydroxylation sites is 1. The molecule has 1 aromatic rings. The first-order valence-corrected chi connectivity index (χ1v) is 6.93. The predicted molar refractivity (Wildman–Crippen MR) is 77.9 cm³/mol. The molecule has 9 heteroatoms. The summed E-state index contributed by atoms with van der Waals surface area (Å²) >= 11 is 0. The molecule has 9 nitrogen and oxygen atoms in total. The summed E-state index contributed by atoms with van der Waals surface area (Å²) < 4.78 is 0. The second kappa shape index (κ2) is 6.42. The molecule has 0 spiro atoms. The summed E-state index contributed by atoms with van der Waals surface area (Å²) in [4.78, 5) is 46.9. The van der Waals surface area contributed by atoms with Crippen LogP contribution in [-0.4, -0.2) is 44.9 Å². The maximum Gasteiger partial charge on any atom is 0.405 e. The molecule has 0 saturated heterocycles. The summed E-state index contributed by atoms with van der Waals surface area (Å²) in [5.74, 6) is -1.51. The Morgan fingerprint density at radius 1 is 1.35 bits per heavy atom. The lowest BCUT2D eigenvalue weighted by molar-refractivity contribution is -0.385. The zero-order chi connectivity index (χ0) is 17.1. The molecule has 0 heterocycles. The third kappa shape index (κ3) is 3.62. The summed E-state index contributed by atoms with van der Waals surface area (Å²) in [6, 6.07) is 3.87. The van der Waals surface area contributed by atoms with Gasteiger partial charge in [-0.2, -0.15) is 0 Å². The molecule has 2 rings (SSSR count). The van der Waals surface area contributed by atoms with E-state index < -0.39 is 34.6 Å². The lowest BCUT2D eigenvalue weighted by Gasteiger charge is -2.23. The number of carboxylic acid groups (broad SMARTS) is 1. The van der Waals surface area contributed by atoms with E-state index in [2.05, 4.69) is 0 Å². The Kier molecular flexibility index (Phi) is 4.58. The normalized spacial score (nSPS) is 14.7. The van der Waals surface area contributed by atoms with Crippen molar-refractivity contribution in [3.63, 3.8) is 0 Å². The molecular weight excluding hydrogens is 306 g/mol. The summed E-state index contributed by atoms with van der Waals surface area (Å²) in [6.45, 7) is 1.32. The quantitative estimate of drug-likeness (QED) is 0.622. The molecule has 1 aromatic carbocycles. The zero-order valence-electron chi connectivity index (χ0n) is 12.3. The lowest BCUT2D eigenvalue weighted by Crippen LogP contribution is -2.49. The van der Waals surface area contributed by atoms with Gasteiger partial charge in [0.25, 0.3) is 17.5 Å². The highest BCUT2D eigenvalue weighted by Gasteiger charge is 2.41. The highest BCUT2D eigenvalue weighted by molar-refractivity contribution is 6.08. The van der Waals surface area contributed by atoms with Gasteiger partial charge in [-0.3, -0.25) is 24.6 Å². The second-order valence-electron chi connectivity index (χ2n) is 5.19. The van der Waals surface area contributed by atoms with Crippen LogP contribution in [0.15, 0.2) is 24.3 Å². The number of nitro benzene ring substituents is 1. The van der Waals surface area contributed by atoms with Gasteiger partial charge in [0.05, 0.1) is 4.92 Å². The van der Waals surface area contributed by atoms with Crippen LogP contribution in [0.1, 0.15) is 30.1 Å². The van der Waals surface area contributed by atoms with Crippen LogP contribution in [0, 0.1) is 10.1 Å². The van der Waals surface area contributed by atoms with E-state index in [-0.39, 0.29) is 11.6 Å². The first-order chi connectivity index (χ1) is 10.8. The number of hydrogen-bond acceptors (Lipinski definition) is 5. The lowest BCUT2D eigenvalue weighted by atomic mass is 10.1. The Labute approximate surface area is 131 Å². The van der Waals surface area contributed by atoms with Crippen LogP contribution in [0.4, 0.5) is 10.5 Å². The number of imide groups is 1. The number of nitrogens with zero attached hydrogens (tertiary/aromatic N) is 2. The van der Waals surface area contributed by atoms with Gasteiger partial charge in [-0.15, -0.1) is 0 Å². The molecule has 1 aliphatic rings. The van der Waals surface area contributed by atoms with Crippen molar-refractivity contribution in [3.05, 3.63) is 39.9 Å². The number of nitrogens with one attached hydrogen (secondary N) is 1. The van der Waals surface area contributed by atoms with Crippen molar-refractivity contribution in [3.8, 4) is 0 Å². The maximum atomic E-state index is 12.6. The van der Waals surface area contributed by atoms with Gasteiger partial charge in [-0.05, 0) is 25.8 Å². The molecule has 1 fully saturated rings. The van der Waals surface area contributed by atoms with Crippen molar-refractivity contribution in [2.24, 2.45) is 0 Å². The van der Waals surface area contributed by atoms with Crippen LogP contribution in [0.2, 0.25) is 0 Å². The fraction of sp³-hybridized carbons (Fsp3) is 0.357. The average molecular weight is 321 g/mol. The first-order valence-electron chi connectivity index (χ1n) is 6.93. The van der Waals surface area contributed by atoms with Crippen LogP contribution in [0.5, 0.6) is 0 Å². The Balaban J connectivity index is 2.32. The van der Waals surface area contributed by atoms with E-state index in [0.29, 0.717) is 12.8 Å². The van der Waals surface area contributed by atoms with Gasteiger partial charge in [0, 0.05) is 12.1 Å². The molecule has 3 amide bonds. The molecule has 1 saturated carbocycles. The number of carbonyl (C=O) groups excluding carboxylic acids is 2. The Hall–Kier alpha value is -2.97. The molecule has 23 heavy (non-hydrogen) atoms. The number of nitro groups is 1. The standard InChI is InChI=1S/C14H15N3O6/c1-8(15-14(20)21)12(18)16(9-6-7-9)13(19)10-4-2-3-5-11(10)17(22)23/h2-5,8-9,15H,6-7H2,1H3,(H,20,21)/t8-/m0/s1. The van der Waals surface area contributed by atoms with Gasteiger partial charge >= 0.3 is 6.09 Å². The van der Waals surface area contributed by atoms with Crippen molar-refractivity contribution < 1.29 is 24.4 Å². The van der Waals surface area contributed by atoms with Crippen molar-refractivity contribution in [2.45, 2.75) is 31.8 Å². The third-order valence-corrected chi connectivity index (χ3v) is 3.41. The van der Waals surface area contributed by atoms with Crippen LogP contribution < -0.4 is 5.32 Å². The van der Waals surface area contributed by atoms with Gasteiger partial charge in [-0.25, -0.2) is 4.79 Å². The fourth-order valence-corrected chi connectivity index (χ4v) is 2.18. The smallest absolute Gasteiger partial charge is 0.405 e. The molecule has 0 unspecified atom stereocenters. The topological polar surface area (TPSA) is 130 Å². The number of hydrogen-bond donors (Lipinski definition) is 2.